The van der Waals surface area contributed by atoms with Crippen LogP contribution in [0.5, 0.6) is 5.75 Å². The van der Waals surface area contributed by atoms with Gasteiger partial charge in [0.25, 0.3) is 5.91 Å². The molecule has 0 heterocycles. The third-order valence-electron chi connectivity index (χ3n) is 2.96. The highest BCUT2D eigenvalue weighted by Gasteiger charge is 2.07. The molecule has 0 aromatic heterocycles. The SMILES string of the molecule is O=C(COc1ccccc1F)NCc1ccccc1CO. The maximum atomic E-state index is 13.3. The van der Waals surface area contributed by atoms with Crippen molar-refractivity contribution in [3.8, 4) is 5.75 Å². The Balaban J connectivity index is 1.84. The molecule has 0 aliphatic carbocycles. The Morgan fingerprint density at radius 2 is 1.76 bits per heavy atom. The lowest BCUT2D eigenvalue weighted by Crippen LogP contribution is -2.28. The van der Waals surface area contributed by atoms with Crippen molar-refractivity contribution >= 4 is 5.91 Å². The predicted molar refractivity (Wildman–Crippen MR) is 76.1 cm³/mol. The molecule has 0 aliphatic rings. The van der Waals surface area contributed by atoms with E-state index in [1.165, 1.54) is 12.1 Å². The minimum atomic E-state index is -0.504. The zero-order chi connectivity index (χ0) is 15.1. The van der Waals surface area contributed by atoms with Gasteiger partial charge in [-0.3, -0.25) is 4.79 Å². The molecule has 2 aromatic carbocycles. The smallest absolute Gasteiger partial charge is 0.258 e. The molecule has 0 fully saturated rings. The van der Waals surface area contributed by atoms with Gasteiger partial charge in [0.1, 0.15) is 0 Å². The molecular weight excluding hydrogens is 273 g/mol. The van der Waals surface area contributed by atoms with Crippen molar-refractivity contribution in [3.63, 3.8) is 0 Å². The van der Waals surface area contributed by atoms with Crippen molar-refractivity contribution in [1.82, 2.24) is 5.32 Å². The third-order valence-corrected chi connectivity index (χ3v) is 2.96. The lowest BCUT2D eigenvalue weighted by atomic mass is 10.1. The second-order valence-corrected chi connectivity index (χ2v) is 4.42. The van der Waals surface area contributed by atoms with Gasteiger partial charge >= 0.3 is 0 Å². The van der Waals surface area contributed by atoms with E-state index >= 15 is 0 Å². The van der Waals surface area contributed by atoms with Gasteiger partial charge in [-0.25, -0.2) is 4.39 Å². The quantitative estimate of drug-likeness (QED) is 0.855. The number of halogens is 1. The fraction of sp³-hybridized carbons (Fsp3) is 0.188. The molecule has 0 aliphatic heterocycles. The first kappa shape index (κ1) is 15.0. The molecule has 2 aromatic rings. The van der Waals surface area contributed by atoms with E-state index < -0.39 is 5.82 Å². The van der Waals surface area contributed by atoms with Gasteiger partial charge in [-0.2, -0.15) is 0 Å². The van der Waals surface area contributed by atoms with Crippen LogP contribution in [-0.4, -0.2) is 17.6 Å². The number of rotatable bonds is 6. The first-order valence-electron chi connectivity index (χ1n) is 6.52. The molecule has 0 spiro atoms. The van der Waals surface area contributed by atoms with Gasteiger partial charge in [-0.15, -0.1) is 0 Å². The number of nitrogens with one attached hydrogen (secondary N) is 1. The second kappa shape index (κ2) is 7.40. The number of para-hydroxylation sites is 1. The Bertz CT molecular complexity index is 616. The van der Waals surface area contributed by atoms with E-state index in [2.05, 4.69) is 5.32 Å². The highest BCUT2D eigenvalue weighted by Crippen LogP contribution is 2.15. The van der Waals surface area contributed by atoms with Crippen LogP contribution in [0.3, 0.4) is 0 Å². The summed E-state index contributed by atoms with van der Waals surface area (Å²) in [7, 11) is 0. The van der Waals surface area contributed by atoms with E-state index in [-0.39, 0.29) is 31.4 Å². The summed E-state index contributed by atoms with van der Waals surface area (Å²) in [6, 6.07) is 13.2. The molecule has 0 unspecified atom stereocenters. The van der Waals surface area contributed by atoms with Gasteiger partial charge in [0, 0.05) is 6.54 Å². The number of benzene rings is 2. The minimum absolute atomic E-state index is 0.0448. The van der Waals surface area contributed by atoms with Crippen molar-refractivity contribution < 1.29 is 19.0 Å². The monoisotopic (exact) mass is 289 g/mol. The van der Waals surface area contributed by atoms with Crippen LogP contribution in [0.25, 0.3) is 0 Å². The fourth-order valence-corrected chi connectivity index (χ4v) is 1.83. The van der Waals surface area contributed by atoms with E-state index in [0.29, 0.717) is 0 Å². The molecule has 0 saturated carbocycles. The summed E-state index contributed by atoms with van der Waals surface area (Å²) in [5, 5.41) is 11.9. The maximum absolute atomic E-state index is 13.3. The van der Waals surface area contributed by atoms with Crippen LogP contribution in [0.2, 0.25) is 0 Å². The van der Waals surface area contributed by atoms with Gasteiger partial charge in [-0.1, -0.05) is 36.4 Å². The molecule has 4 nitrogen and oxygen atoms in total. The Kier molecular flexibility index (Phi) is 5.29. The lowest BCUT2D eigenvalue weighted by Gasteiger charge is -2.10. The molecule has 0 radical (unpaired) electrons. The summed E-state index contributed by atoms with van der Waals surface area (Å²) in [4.78, 5) is 11.7. The van der Waals surface area contributed by atoms with Gasteiger partial charge < -0.3 is 15.2 Å². The second-order valence-electron chi connectivity index (χ2n) is 4.42. The maximum Gasteiger partial charge on any atom is 0.258 e. The van der Waals surface area contributed by atoms with Gasteiger partial charge in [-0.05, 0) is 23.3 Å². The number of carbonyl (C=O) groups excluding carboxylic acids is 1. The summed E-state index contributed by atoms with van der Waals surface area (Å²) in [5.41, 5.74) is 1.59. The topological polar surface area (TPSA) is 58.6 Å². The van der Waals surface area contributed by atoms with E-state index in [0.717, 1.165) is 11.1 Å². The average Bonchev–Trinajstić information content (AvgIpc) is 2.52. The zero-order valence-electron chi connectivity index (χ0n) is 11.4. The van der Waals surface area contributed by atoms with E-state index in [4.69, 9.17) is 4.74 Å². The molecule has 0 bridgehead atoms. The normalized spacial score (nSPS) is 10.2. The van der Waals surface area contributed by atoms with Gasteiger partial charge in [0.15, 0.2) is 18.2 Å². The number of amides is 1. The van der Waals surface area contributed by atoms with Crippen LogP contribution in [0.1, 0.15) is 11.1 Å². The largest absolute Gasteiger partial charge is 0.481 e. The van der Waals surface area contributed by atoms with E-state index in [1.807, 2.05) is 18.2 Å². The highest BCUT2D eigenvalue weighted by atomic mass is 19.1. The summed E-state index contributed by atoms with van der Waals surface area (Å²) >= 11 is 0. The summed E-state index contributed by atoms with van der Waals surface area (Å²) in [5.74, 6) is -0.815. The van der Waals surface area contributed by atoms with Crippen molar-refractivity contribution in [3.05, 3.63) is 65.5 Å². The van der Waals surface area contributed by atoms with E-state index in [1.54, 1.807) is 18.2 Å². The first-order chi connectivity index (χ1) is 10.2. The van der Waals surface area contributed by atoms with Crippen LogP contribution < -0.4 is 10.1 Å². The van der Waals surface area contributed by atoms with Crippen LogP contribution in [0.4, 0.5) is 4.39 Å². The number of hydrogen-bond donors (Lipinski definition) is 2. The minimum Gasteiger partial charge on any atom is -0.481 e. The molecule has 5 heteroatoms. The number of aliphatic hydroxyl groups excluding tert-OH is 1. The predicted octanol–water partition coefficient (Wildman–Crippen LogP) is 2.01. The number of aliphatic hydroxyl groups is 1. The van der Waals surface area contributed by atoms with Gasteiger partial charge in [0.05, 0.1) is 6.61 Å². The fourth-order valence-electron chi connectivity index (χ4n) is 1.83. The number of carbonyl (C=O) groups is 1. The summed E-state index contributed by atoms with van der Waals surface area (Å²) in [6.07, 6.45) is 0. The van der Waals surface area contributed by atoms with E-state index in [9.17, 15) is 14.3 Å². The summed E-state index contributed by atoms with van der Waals surface area (Å²) < 4.78 is 18.4. The van der Waals surface area contributed by atoms with Crippen molar-refractivity contribution in [2.24, 2.45) is 0 Å². The van der Waals surface area contributed by atoms with Crippen LogP contribution in [-0.2, 0) is 17.9 Å². The van der Waals surface area contributed by atoms with Crippen LogP contribution in [0.15, 0.2) is 48.5 Å². The number of ether oxygens (including phenoxy) is 1. The standard InChI is InChI=1S/C16H16FNO3/c17-14-7-3-4-8-15(14)21-11-16(20)18-9-12-5-1-2-6-13(12)10-19/h1-8,19H,9-11H2,(H,18,20). The molecule has 0 atom stereocenters. The molecule has 21 heavy (non-hydrogen) atoms. The Hall–Kier alpha value is -2.40. The Labute approximate surface area is 122 Å². The van der Waals surface area contributed by atoms with Crippen molar-refractivity contribution in [2.45, 2.75) is 13.2 Å². The van der Waals surface area contributed by atoms with Crippen LogP contribution in [0, 0.1) is 5.82 Å². The van der Waals surface area contributed by atoms with Gasteiger partial charge in [0.2, 0.25) is 0 Å². The average molecular weight is 289 g/mol. The highest BCUT2D eigenvalue weighted by molar-refractivity contribution is 5.77. The lowest BCUT2D eigenvalue weighted by molar-refractivity contribution is -0.123. The molecule has 2 rings (SSSR count). The zero-order valence-corrected chi connectivity index (χ0v) is 11.4. The van der Waals surface area contributed by atoms with Crippen LogP contribution >= 0.6 is 0 Å². The molecule has 0 saturated heterocycles. The first-order valence-corrected chi connectivity index (χ1v) is 6.52. The van der Waals surface area contributed by atoms with Crippen molar-refractivity contribution in [1.29, 1.82) is 0 Å². The third kappa shape index (κ3) is 4.29. The number of hydrogen-bond acceptors (Lipinski definition) is 3. The van der Waals surface area contributed by atoms with Crippen molar-refractivity contribution in [2.75, 3.05) is 6.61 Å². The molecule has 2 N–H and O–H groups in total. The Morgan fingerprint density at radius 1 is 1.10 bits per heavy atom. The summed E-state index contributed by atoms with van der Waals surface area (Å²) in [6.45, 7) is -0.0593. The molecule has 110 valence electrons. The Morgan fingerprint density at radius 3 is 2.48 bits per heavy atom. The molecular formula is C16H16FNO3. The molecule has 1 amide bonds.